The molecular formula is C19H35N3O6. The van der Waals surface area contributed by atoms with E-state index in [2.05, 4.69) is 5.32 Å². The molecule has 9 heteroatoms. The Labute approximate surface area is 167 Å². The van der Waals surface area contributed by atoms with Crippen LogP contribution in [-0.2, 0) is 19.1 Å². The van der Waals surface area contributed by atoms with E-state index in [4.69, 9.17) is 4.74 Å². The van der Waals surface area contributed by atoms with Gasteiger partial charge in [0.2, 0.25) is 11.8 Å². The van der Waals surface area contributed by atoms with Crippen LogP contribution >= 0.6 is 0 Å². The number of rotatable bonds is 8. The molecule has 0 aromatic heterocycles. The van der Waals surface area contributed by atoms with Crippen molar-refractivity contribution in [1.29, 1.82) is 0 Å². The molecule has 0 unspecified atom stereocenters. The van der Waals surface area contributed by atoms with Gasteiger partial charge < -0.3 is 25.0 Å². The molecular weight excluding hydrogens is 366 g/mol. The highest BCUT2D eigenvalue weighted by molar-refractivity contribution is 5.92. The molecule has 0 aliphatic carbocycles. The normalized spacial score (nSPS) is 14.6. The van der Waals surface area contributed by atoms with E-state index in [0.717, 1.165) is 4.90 Å². The maximum atomic E-state index is 12.7. The van der Waals surface area contributed by atoms with Crippen molar-refractivity contribution in [3.05, 3.63) is 0 Å². The Bertz CT molecular complexity index is 585. The number of hydrogen-bond acceptors (Lipinski definition) is 5. The van der Waals surface area contributed by atoms with Gasteiger partial charge in [-0.3, -0.25) is 9.59 Å². The molecule has 0 saturated heterocycles. The Hall–Kier alpha value is -2.32. The number of nitrogens with zero attached hydrogens (tertiary/aromatic N) is 2. The molecule has 28 heavy (non-hydrogen) atoms. The molecule has 3 atom stereocenters. The zero-order valence-corrected chi connectivity index (χ0v) is 18.4. The second-order valence-corrected chi connectivity index (χ2v) is 8.43. The van der Waals surface area contributed by atoms with Crippen LogP contribution in [-0.4, -0.2) is 76.6 Å². The molecule has 0 aromatic rings. The van der Waals surface area contributed by atoms with Crippen LogP contribution in [0.4, 0.5) is 4.79 Å². The van der Waals surface area contributed by atoms with Crippen molar-refractivity contribution >= 4 is 23.9 Å². The Morgan fingerprint density at radius 1 is 0.964 bits per heavy atom. The third kappa shape index (κ3) is 8.14. The Morgan fingerprint density at radius 3 is 1.86 bits per heavy atom. The molecule has 0 rings (SSSR count). The number of alkyl carbamates (subject to hydrolysis) is 1. The predicted molar refractivity (Wildman–Crippen MR) is 105 cm³/mol. The van der Waals surface area contributed by atoms with Crippen LogP contribution < -0.4 is 5.32 Å². The molecule has 0 radical (unpaired) electrons. The van der Waals surface area contributed by atoms with Crippen molar-refractivity contribution in [2.75, 3.05) is 14.1 Å². The van der Waals surface area contributed by atoms with Gasteiger partial charge in [-0.2, -0.15) is 0 Å². The lowest BCUT2D eigenvalue weighted by molar-refractivity contribution is -0.153. The summed E-state index contributed by atoms with van der Waals surface area (Å²) in [5.74, 6) is -1.99. The van der Waals surface area contributed by atoms with Crippen LogP contribution in [0.1, 0.15) is 54.9 Å². The third-order valence-electron chi connectivity index (χ3n) is 4.18. The Morgan fingerprint density at radius 2 is 1.46 bits per heavy atom. The maximum Gasteiger partial charge on any atom is 0.408 e. The zero-order chi connectivity index (χ0) is 22.4. The van der Waals surface area contributed by atoms with E-state index < -0.39 is 47.6 Å². The molecule has 2 N–H and O–H groups in total. The number of aliphatic carboxylic acids is 1. The summed E-state index contributed by atoms with van der Waals surface area (Å²) in [5, 5.41) is 11.9. The molecule has 0 fully saturated rings. The van der Waals surface area contributed by atoms with Gasteiger partial charge in [-0.05, 0) is 47.0 Å². The van der Waals surface area contributed by atoms with Crippen LogP contribution in [0.15, 0.2) is 0 Å². The quantitative estimate of drug-likeness (QED) is 0.639. The van der Waals surface area contributed by atoms with Crippen molar-refractivity contribution in [1.82, 2.24) is 15.1 Å². The fourth-order valence-corrected chi connectivity index (χ4v) is 2.53. The Kier molecular flexibility index (Phi) is 9.43. The first-order chi connectivity index (χ1) is 12.6. The lowest BCUT2D eigenvalue weighted by Crippen LogP contribution is -2.55. The highest BCUT2D eigenvalue weighted by atomic mass is 16.6. The van der Waals surface area contributed by atoms with Gasteiger partial charge in [-0.15, -0.1) is 0 Å². The highest BCUT2D eigenvalue weighted by Gasteiger charge is 2.34. The van der Waals surface area contributed by atoms with Crippen LogP contribution in [0.25, 0.3) is 0 Å². The number of nitrogens with one attached hydrogen (secondary N) is 1. The van der Waals surface area contributed by atoms with E-state index in [-0.39, 0.29) is 5.92 Å². The van der Waals surface area contributed by atoms with Crippen LogP contribution in [0.2, 0.25) is 0 Å². The highest BCUT2D eigenvalue weighted by Crippen LogP contribution is 2.14. The fourth-order valence-electron chi connectivity index (χ4n) is 2.53. The average molecular weight is 402 g/mol. The van der Waals surface area contributed by atoms with E-state index in [1.54, 1.807) is 20.8 Å². The van der Waals surface area contributed by atoms with Gasteiger partial charge in [0.1, 0.15) is 23.7 Å². The minimum absolute atomic E-state index is 0.0871. The van der Waals surface area contributed by atoms with Gasteiger partial charge in [-0.25, -0.2) is 9.59 Å². The first-order valence-corrected chi connectivity index (χ1v) is 9.34. The number of carboxylic acids is 1. The Balaban J connectivity index is 5.08. The summed E-state index contributed by atoms with van der Waals surface area (Å²) in [6.07, 6.45) is -0.431. The molecule has 0 spiro atoms. The fraction of sp³-hybridized carbons (Fsp3) is 0.789. The minimum Gasteiger partial charge on any atom is -0.480 e. The monoisotopic (exact) mass is 401 g/mol. The predicted octanol–water partition coefficient (Wildman–Crippen LogP) is 1.70. The summed E-state index contributed by atoms with van der Waals surface area (Å²) in [6.45, 7) is 11.9. The van der Waals surface area contributed by atoms with E-state index in [0.29, 0.717) is 6.42 Å². The maximum absolute atomic E-state index is 12.7. The summed E-state index contributed by atoms with van der Waals surface area (Å²) in [4.78, 5) is 51.0. The van der Waals surface area contributed by atoms with Gasteiger partial charge >= 0.3 is 12.1 Å². The van der Waals surface area contributed by atoms with Crippen LogP contribution in [0.3, 0.4) is 0 Å². The summed E-state index contributed by atoms with van der Waals surface area (Å²) in [7, 11) is 2.85. The first-order valence-electron chi connectivity index (χ1n) is 9.34. The van der Waals surface area contributed by atoms with Crippen LogP contribution in [0.5, 0.6) is 0 Å². The number of hydrogen-bond donors (Lipinski definition) is 2. The third-order valence-corrected chi connectivity index (χ3v) is 4.18. The molecule has 0 aliphatic rings. The lowest BCUT2D eigenvalue weighted by Gasteiger charge is -2.33. The number of carbonyl (C=O) groups is 4. The first kappa shape index (κ1) is 25.7. The van der Waals surface area contributed by atoms with E-state index in [1.807, 2.05) is 13.8 Å². The molecule has 9 nitrogen and oxygen atoms in total. The molecule has 3 amide bonds. The summed E-state index contributed by atoms with van der Waals surface area (Å²) in [5.41, 5.74) is -0.701. The number of ether oxygens (including phenoxy) is 1. The largest absolute Gasteiger partial charge is 0.480 e. The van der Waals surface area contributed by atoms with Crippen molar-refractivity contribution < 1.29 is 29.0 Å². The SMILES string of the molecule is CC(C)C[C@@H](C(=O)O)N(C)C(=O)[C@@H](C)N(C)C(=O)[C@H](C)NC(=O)OC(C)(C)C. The number of carboxylic acid groups (broad SMARTS) is 1. The second-order valence-electron chi connectivity index (χ2n) is 8.43. The molecule has 0 aliphatic heterocycles. The van der Waals surface area contributed by atoms with Crippen molar-refractivity contribution in [2.24, 2.45) is 5.92 Å². The molecule has 0 bridgehead atoms. The van der Waals surface area contributed by atoms with Gasteiger partial charge in [-0.1, -0.05) is 13.8 Å². The lowest BCUT2D eigenvalue weighted by atomic mass is 10.0. The van der Waals surface area contributed by atoms with Gasteiger partial charge in [0.05, 0.1) is 0 Å². The number of carbonyl (C=O) groups excluding carboxylic acids is 3. The van der Waals surface area contributed by atoms with Gasteiger partial charge in [0.25, 0.3) is 0 Å². The van der Waals surface area contributed by atoms with Crippen LogP contribution in [0, 0.1) is 5.92 Å². The topological polar surface area (TPSA) is 116 Å². The molecule has 162 valence electrons. The number of likely N-dealkylation sites (N-methyl/N-ethyl adjacent to an activating group) is 2. The molecule has 0 saturated carbocycles. The minimum atomic E-state index is -1.09. The van der Waals surface area contributed by atoms with Gasteiger partial charge in [0, 0.05) is 14.1 Å². The van der Waals surface area contributed by atoms with Crippen molar-refractivity contribution in [3.63, 3.8) is 0 Å². The van der Waals surface area contributed by atoms with Crippen molar-refractivity contribution in [2.45, 2.75) is 78.6 Å². The summed E-state index contributed by atoms with van der Waals surface area (Å²) in [6, 6.07) is -2.78. The second kappa shape index (κ2) is 10.3. The van der Waals surface area contributed by atoms with E-state index in [9.17, 15) is 24.3 Å². The average Bonchev–Trinajstić information content (AvgIpc) is 2.53. The summed E-state index contributed by atoms with van der Waals surface area (Å²) < 4.78 is 5.12. The zero-order valence-electron chi connectivity index (χ0n) is 18.4. The number of amides is 3. The van der Waals surface area contributed by atoms with Crippen molar-refractivity contribution in [3.8, 4) is 0 Å². The van der Waals surface area contributed by atoms with E-state index >= 15 is 0 Å². The molecule has 0 heterocycles. The van der Waals surface area contributed by atoms with E-state index in [1.165, 1.54) is 32.8 Å². The molecule has 0 aromatic carbocycles. The summed E-state index contributed by atoms with van der Waals surface area (Å²) >= 11 is 0. The van der Waals surface area contributed by atoms with Gasteiger partial charge in [0.15, 0.2) is 0 Å². The smallest absolute Gasteiger partial charge is 0.408 e. The standard InChI is InChI=1S/C19H35N3O6/c1-11(2)10-14(17(25)26)22(9)16(24)13(4)21(8)15(23)12(3)20-18(27)28-19(5,6)7/h11-14H,10H2,1-9H3,(H,20,27)(H,25,26)/t12-,13+,14-/m0/s1.